The van der Waals surface area contributed by atoms with Crippen LogP contribution in [0.2, 0.25) is 0 Å². The van der Waals surface area contributed by atoms with Crippen LogP contribution >= 0.6 is 0 Å². The summed E-state index contributed by atoms with van der Waals surface area (Å²) in [4.78, 5) is 42.3. The fourth-order valence-electron chi connectivity index (χ4n) is 3.95. The van der Waals surface area contributed by atoms with Gasteiger partial charge in [-0.05, 0) is 35.2 Å². The molecule has 210 valence electrons. The van der Waals surface area contributed by atoms with Gasteiger partial charge in [0, 0.05) is 31.7 Å². The van der Waals surface area contributed by atoms with Crippen LogP contribution in [0.5, 0.6) is 17.4 Å². The number of hydrogen-bond acceptors (Lipinski definition) is 8. The van der Waals surface area contributed by atoms with Crippen LogP contribution < -0.4 is 26.3 Å². The molecule has 12 nitrogen and oxygen atoms in total. The maximum Gasteiger partial charge on any atom is 0.352 e. The number of fused-ring (bicyclic) bond motifs is 1. The number of methoxy groups -OCH3 is 1. The van der Waals surface area contributed by atoms with E-state index in [0.717, 1.165) is 10.9 Å². The highest BCUT2D eigenvalue weighted by molar-refractivity contribution is 6.03. The van der Waals surface area contributed by atoms with Crippen molar-refractivity contribution in [3.8, 4) is 17.4 Å². The zero-order chi connectivity index (χ0) is 29.8. The lowest BCUT2D eigenvalue weighted by Gasteiger charge is -2.22. The number of hydrogen-bond donors (Lipinski definition) is 4. The molecule has 0 saturated carbocycles. The molecule has 0 radical (unpaired) electrons. The SMILES string of the molecule is CNc1nccc(Oc2cccc3cc(C(=O)O)n(C)c23)n1.COc1c(C(N)=O)cc(C(C)(C)C)cc1C(N)=O. The summed E-state index contributed by atoms with van der Waals surface area (Å²) in [5.41, 5.74) is 12.4. The molecular weight excluding hydrogens is 516 g/mol. The minimum absolute atomic E-state index is 0.128. The highest BCUT2D eigenvalue weighted by Gasteiger charge is 2.23. The van der Waals surface area contributed by atoms with Gasteiger partial charge in [-0.25, -0.2) is 9.78 Å². The maximum absolute atomic E-state index is 11.4. The van der Waals surface area contributed by atoms with Gasteiger partial charge in [0.15, 0.2) is 5.75 Å². The highest BCUT2D eigenvalue weighted by atomic mass is 16.5. The molecule has 0 aliphatic heterocycles. The second kappa shape index (κ2) is 11.7. The van der Waals surface area contributed by atoms with Gasteiger partial charge in [-0.15, -0.1) is 0 Å². The standard InChI is InChI=1S/C15H14N4O3.C13H18N2O3/c1-16-15-17-7-6-12(18-15)22-11-5-3-4-9-8-10(14(20)21)19(2)13(9)11;1-13(2,3)7-5-8(11(14)16)10(18-4)9(6-7)12(15)17/h3-8H,1-2H3,(H,20,21)(H,16,17,18);5-6H,1-4H3,(H2,14,16)(H2,15,17). The van der Waals surface area contributed by atoms with E-state index < -0.39 is 17.8 Å². The second-order valence-electron chi connectivity index (χ2n) is 9.74. The summed E-state index contributed by atoms with van der Waals surface area (Å²) >= 11 is 0. The topological polar surface area (TPSA) is 185 Å². The number of aromatic carboxylic acids is 1. The molecular formula is C28H32N6O6. The predicted octanol–water partition coefficient (Wildman–Crippen LogP) is 3.69. The Morgan fingerprint density at radius 1 is 1.02 bits per heavy atom. The first-order valence-electron chi connectivity index (χ1n) is 12.1. The third-order valence-corrected chi connectivity index (χ3v) is 6.00. The second-order valence-corrected chi connectivity index (χ2v) is 9.74. The van der Waals surface area contributed by atoms with E-state index in [-0.39, 0.29) is 28.0 Å². The fraction of sp³-hybridized carbons (Fsp3) is 0.250. The van der Waals surface area contributed by atoms with E-state index in [4.69, 9.17) is 20.9 Å². The number of carboxylic acids is 1. The lowest BCUT2D eigenvalue weighted by Crippen LogP contribution is -2.21. The number of carboxylic acid groups (broad SMARTS) is 1. The number of nitrogens with zero attached hydrogens (tertiary/aromatic N) is 3. The van der Waals surface area contributed by atoms with Crippen LogP contribution in [0, 0.1) is 0 Å². The van der Waals surface area contributed by atoms with Crippen molar-refractivity contribution in [1.82, 2.24) is 14.5 Å². The maximum atomic E-state index is 11.4. The Kier molecular flexibility index (Phi) is 8.62. The molecule has 4 rings (SSSR count). The van der Waals surface area contributed by atoms with Gasteiger partial charge < -0.3 is 35.9 Å². The number of nitrogens with two attached hydrogens (primary N) is 2. The number of aromatic nitrogens is 3. The zero-order valence-corrected chi connectivity index (χ0v) is 23.1. The van der Waals surface area contributed by atoms with Crippen LogP contribution in [0.1, 0.15) is 57.5 Å². The van der Waals surface area contributed by atoms with Gasteiger partial charge >= 0.3 is 5.97 Å². The number of primary amides is 2. The molecule has 0 unspecified atom stereocenters. The van der Waals surface area contributed by atoms with Gasteiger partial charge in [-0.3, -0.25) is 9.59 Å². The largest absolute Gasteiger partial charge is 0.495 e. The Balaban J connectivity index is 0.000000226. The predicted molar refractivity (Wildman–Crippen MR) is 150 cm³/mol. The molecule has 2 aromatic heterocycles. The van der Waals surface area contributed by atoms with Crippen molar-refractivity contribution < 1.29 is 29.0 Å². The molecule has 2 heterocycles. The molecule has 0 aliphatic rings. The van der Waals surface area contributed by atoms with Gasteiger partial charge in [0.25, 0.3) is 11.8 Å². The Morgan fingerprint density at radius 3 is 2.15 bits per heavy atom. The third-order valence-electron chi connectivity index (χ3n) is 6.00. The minimum atomic E-state index is -0.982. The molecule has 0 spiro atoms. The first-order chi connectivity index (χ1) is 18.8. The van der Waals surface area contributed by atoms with Crippen molar-refractivity contribution in [2.24, 2.45) is 18.5 Å². The molecule has 12 heteroatoms. The van der Waals surface area contributed by atoms with Crippen LogP contribution in [0.25, 0.3) is 10.9 Å². The monoisotopic (exact) mass is 548 g/mol. The van der Waals surface area contributed by atoms with Crippen LogP contribution in [0.3, 0.4) is 0 Å². The third kappa shape index (κ3) is 6.29. The molecule has 0 fully saturated rings. The number of carbonyl (C=O) groups is 3. The van der Waals surface area contributed by atoms with Gasteiger partial charge in [-0.1, -0.05) is 32.9 Å². The van der Waals surface area contributed by atoms with Crippen molar-refractivity contribution in [1.29, 1.82) is 0 Å². The molecule has 0 aliphatic carbocycles. The molecule has 40 heavy (non-hydrogen) atoms. The summed E-state index contributed by atoms with van der Waals surface area (Å²) in [5.74, 6) is -0.797. The number of benzene rings is 2. The number of ether oxygens (including phenoxy) is 2. The summed E-state index contributed by atoms with van der Waals surface area (Å²) in [5, 5.41) is 12.9. The first-order valence-corrected chi connectivity index (χ1v) is 12.1. The summed E-state index contributed by atoms with van der Waals surface area (Å²) in [6, 6.07) is 11.9. The van der Waals surface area contributed by atoms with E-state index >= 15 is 0 Å². The summed E-state index contributed by atoms with van der Waals surface area (Å²) in [6.45, 7) is 5.89. The Bertz CT molecular complexity index is 1550. The van der Waals surface area contributed by atoms with Crippen molar-refractivity contribution >= 4 is 34.6 Å². The zero-order valence-electron chi connectivity index (χ0n) is 23.1. The smallest absolute Gasteiger partial charge is 0.352 e. The van der Waals surface area contributed by atoms with Crippen molar-refractivity contribution in [3.63, 3.8) is 0 Å². The van der Waals surface area contributed by atoms with Crippen LogP contribution in [-0.4, -0.2) is 51.6 Å². The Hall–Kier alpha value is -5.13. The van der Waals surface area contributed by atoms with Crippen molar-refractivity contribution in [3.05, 3.63) is 71.0 Å². The number of aryl methyl sites for hydroxylation is 1. The molecule has 6 N–H and O–H groups in total. The van der Waals surface area contributed by atoms with E-state index in [9.17, 15) is 19.5 Å². The summed E-state index contributed by atoms with van der Waals surface area (Å²) in [6.07, 6.45) is 1.59. The first kappa shape index (κ1) is 29.4. The number of anilines is 1. The van der Waals surface area contributed by atoms with E-state index in [0.29, 0.717) is 23.1 Å². The lowest BCUT2D eigenvalue weighted by atomic mass is 9.84. The van der Waals surface area contributed by atoms with Gasteiger partial charge in [-0.2, -0.15) is 4.98 Å². The Morgan fingerprint density at radius 2 is 1.65 bits per heavy atom. The van der Waals surface area contributed by atoms with Gasteiger partial charge in [0.1, 0.15) is 11.4 Å². The molecule has 4 aromatic rings. The van der Waals surface area contributed by atoms with Crippen molar-refractivity contribution in [2.45, 2.75) is 26.2 Å². The average Bonchev–Trinajstić information content (AvgIpc) is 3.25. The quantitative estimate of drug-likeness (QED) is 0.267. The van der Waals surface area contributed by atoms with E-state index in [1.165, 1.54) is 7.11 Å². The summed E-state index contributed by atoms with van der Waals surface area (Å²) < 4.78 is 12.5. The number of rotatable bonds is 7. The summed E-state index contributed by atoms with van der Waals surface area (Å²) in [7, 11) is 4.78. The number of carbonyl (C=O) groups excluding carboxylic acids is 2. The molecule has 2 amide bonds. The molecule has 2 aromatic carbocycles. The minimum Gasteiger partial charge on any atom is -0.495 e. The number of para-hydroxylation sites is 1. The van der Waals surface area contributed by atoms with Gasteiger partial charge in [0.05, 0.1) is 23.8 Å². The Labute approximate surface area is 230 Å². The van der Waals surface area contributed by atoms with Crippen LogP contribution in [-0.2, 0) is 12.5 Å². The lowest BCUT2D eigenvalue weighted by molar-refractivity contribution is 0.0686. The number of nitrogens with one attached hydrogen (secondary N) is 1. The van der Waals surface area contributed by atoms with E-state index in [2.05, 4.69) is 15.3 Å². The highest BCUT2D eigenvalue weighted by Crippen LogP contribution is 2.32. The van der Waals surface area contributed by atoms with Crippen molar-refractivity contribution in [2.75, 3.05) is 19.5 Å². The average molecular weight is 549 g/mol. The van der Waals surface area contributed by atoms with Gasteiger partial charge in [0.2, 0.25) is 11.8 Å². The number of amides is 2. The van der Waals surface area contributed by atoms with E-state index in [1.807, 2.05) is 32.9 Å². The molecule has 0 atom stereocenters. The molecule has 0 saturated heterocycles. The van der Waals surface area contributed by atoms with E-state index in [1.54, 1.807) is 55.2 Å². The van der Waals surface area contributed by atoms with Crippen LogP contribution in [0.4, 0.5) is 5.95 Å². The normalized spacial score (nSPS) is 10.8. The molecule has 0 bridgehead atoms. The fourth-order valence-corrected chi connectivity index (χ4v) is 3.95. The van der Waals surface area contributed by atoms with Crippen LogP contribution in [0.15, 0.2) is 48.7 Å².